The van der Waals surface area contributed by atoms with Gasteiger partial charge in [0.25, 0.3) is 0 Å². The number of azide groups is 1. The molecule has 0 aromatic heterocycles. The smallest absolute Gasteiger partial charge is 0.327 e. The topological polar surface area (TPSA) is 67.2 Å². The van der Waals surface area contributed by atoms with E-state index in [1.54, 1.807) is 17.8 Å². The lowest BCUT2D eigenvalue weighted by atomic mass is 10.2. The van der Waals surface area contributed by atoms with E-state index in [0.29, 0.717) is 5.75 Å². The lowest BCUT2D eigenvalue weighted by Gasteiger charge is -2.16. The second kappa shape index (κ2) is 6.28. The number of hydrogen-bond acceptors (Lipinski definition) is 4. The monoisotopic (exact) mass is 289 g/mol. The summed E-state index contributed by atoms with van der Waals surface area (Å²) in [4.78, 5) is 7.21. The van der Waals surface area contributed by atoms with Crippen LogP contribution in [0.2, 0.25) is 0 Å². The lowest BCUT2D eigenvalue weighted by Crippen LogP contribution is -1.92. The summed E-state index contributed by atoms with van der Waals surface area (Å²) in [7, 11) is 1.37. The Bertz CT molecular complexity index is 503. The zero-order valence-electron chi connectivity index (χ0n) is 9.65. The molecule has 0 aliphatic rings. The summed E-state index contributed by atoms with van der Waals surface area (Å²) in [5, 5.41) is 0. The van der Waals surface area contributed by atoms with E-state index in [-0.39, 0.29) is 0 Å². The van der Waals surface area contributed by atoms with Crippen LogP contribution < -0.4 is 4.52 Å². The van der Waals surface area contributed by atoms with E-state index < -0.39 is 6.64 Å². The average Bonchev–Trinajstić information content (AvgIpc) is 2.29. The maximum absolute atomic E-state index is 8.40. The molecule has 0 spiro atoms. The molecular weight excluding hydrogens is 277 g/mol. The summed E-state index contributed by atoms with van der Waals surface area (Å²) < 4.78 is 10.4. The van der Waals surface area contributed by atoms with Crippen molar-refractivity contribution in [3.63, 3.8) is 0 Å². The van der Waals surface area contributed by atoms with Crippen molar-refractivity contribution in [2.45, 2.75) is 11.8 Å². The molecule has 0 radical (unpaired) electrons. The summed E-state index contributed by atoms with van der Waals surface area (Å²) in [6.07, 6.45) is 2.00. The molecular formula is C9H12N3O2PS2. The average molecular weight is 289 g/mol. The number of rotatable bonds is 5. The second-order valence-corrected chi connectivity index (χ2v) is 6.95. The number of benzene rings is 1. The van der Waals surface area contributed by atoms with Crippen molar-refractivity contribution in [3.8, 4) is 5.75 Å². The Labute approximate surface area is 109 Å². The fourth-order valence-electron chi connectivity index (χ4n) is 1.18. The molecule has 0 bridgehead atoms. The molecule has 0 fully saturated rings. The van der Waals surface area contributed by atoms with Gasteiger partial charge in [0, 0.05) is 21.8 Å². The van der Waals surface area contributed by atoms with Gasteiger partial charge in [0.1, 0.15) is 5.75 Å². The molecule has 0 aliphatic carbocycles. The van der Waals surface area contributed by atoms with Gasteiger partial charge in [0.15, 0.2) is 0 Å². The van der Waals surface area contributed by atoms with Gasteiger partial charge in [-0.05, 0) is 54.3 Å². The van der Waals surface area contributed by atoms with Crippen molar-refractivity contribution >= 4 is 30.2 Å². The van der Waals surface area contributed by atoms with Crippen LogP contribution in [-0.2, 0) is 16.3 Å². The summed E-state index contributed by atoms with van der Waals surface area (Å²) in [5.74, 6) is 0.554. The van der Waals surface area contributed by atoms with Gasteiger partial charge in [-0.15, -0.1) is 11.8 Å². The summed E-state index contributed by atoms with van der Waals surface area (Å²) >= 11 is 6.68. The Morgan fingerprint density at radius 1 is 1.53 bits per heavy atom. The third-order valence-corrected chi connectivity index (χ3v) is 4.96. The highest BCUT2D eigenvalue weighted by molar-refractivity contribution is 8.09. The molecule has 92 valence electrons. The summed E-state index contributed by atoms with van der Waals surface area (Å²) in [5.41, 5.74) is 9.48. The molecule has 1 aromatic rings. The van der Waals surface area contributed by atoms with Gasteiger partial charge >= 0.3 is 6.64 Å². The van der Waals surface area contributed by atoms with Crippen molar-refractivity contribution < 1.29 is 9.05 Å². The first-order valence-corrected chi connectivity index (χ1v) is 8.43. The van der Waals surface area contributed by atoms with Gasteiger partial charge in [-0.25, -0.2) is 0 Å². The molecule has 8 heteroatoms. The fraction of sp³-hybridized carbons (Fsp3) is 0.333. The Hall–Kier alpha value is -0.710. The van der Waals surface area contributed by atoms with E-state index in [4.69, 9.17) is 26.4 Å². The van der Waals surface area contributed by atoms with E-state index in [1.165, 1.54) is 7.11 Å². The summed E-state index contributed by atoms with van der Waals surface area (Å²) in [6, 6.07) is 5.56. The quantitative estimate of drug-likeness (QED) is 0.267. The van der Waals surface area contributed by atoms with Crippen LogP contribution in [-0.4, -0.2) is 13.4 Å². The molecule has 0 saturated carbocycles. The van der Waals surface area contributed by atoms with Gasteiger partial charge in [-0.2, -0.15) is 0 Å². The number of aryl methyl sites for hydroxylation is 1. The Morgan fingerprint density at radius 3 is 2.71 bits per heavy atom. The minimum atomic E-state index is -2.93. The predicted octanol–water partition coefficient (Wildman–Crippen LogP) is 4.28. The molecule has 5 nitrogen and oxygen atoms in total. The molecule has 1 rings (SSSR count). The van der Waals surface area contributed by atoms with Crippen molar-refractivity contribution in [2.24, 2.45) is 4.88 Å². The van der Waals surface area contributed by atoms with Crippen molar-refractivity contribution in [1.29, 1.82) is 0 Å². The van der Waals surface area contributed by atoms with Crippen molar-refractivity contribution in [3.05, 3.63) is 34.2 Å². The van der Waals surface area contributed by atoms with Crippen LogP contribution in [0.25, 0.3) is 10.4 Å². The number of hydrogen-bond donors (Lipinski definition) is 0. The molecule has 0 N–H and O–H groups in total. The predicted molar refractivity (Wildman–Crippen MR) is 74.0 cm³/mol. The Morgan fingerprint density at radius 2 is 2.24 bits per heavy atom. The van der Waals surface area contributed by atoms with E-state index in [2.05, 4.69) is 9.80 Å². The SMILES string of the molecule is COP(=S)(N=[N+]=[N-])Oc1ccc(SC)c(C)c1. The van der Waals surface area contributed by atoms with Crippen LogP contribution in [0.15, 0.2) is 28.0 Å². The largest absolute Gasteiger partial charge is 0.439 e. The minimum absolute atomic E-state index is 0.554. The molecule has 1 aromatic carbocycles. The van der Waals surface area contributed by atoms with Crippen LogP contribution in [0.4, 0.5) is 0 Å². The third kappa shape index (κ3) is 3.91. The highest BCUT2D eigenvalue weighted by atomic mass is 32.5. The first-order valence-electron chi connectivity index (χ1n) is 4.61. The Kier molecular flexibility index (Phi) is 5.31. The number of thioether (sulfide) groups is 1. The van der Waals surface area contributed by atoms with E-state index in [0.717, 1.165) is 10.5 Å². The summed E-state index contributed by atoms with van der Waals surface area (Å²) in [6.45, 7) is -0.956. The van der Waals surface area contributed by atoms with Crippen LogP contribution in [0.1, 0.15) is 5.56 Å². The standard InChI is InChI=1S/C9H12N3O2PS2/c1-7-6-8(4-5-9(7)17-3)14-15(16,13-2)12-11-10/h4-6H,1-3H3. The van der Waals surface area contributed by atoms with Crippen LogP contribution >= 0.6 is 18.4 Å². The van der Waals surface area contributed by atoms with Crippen molar-refractivity contribution in [2.75, 3.05) is 13.4 Å². The highest BCUT2D eigenvalue weighted by Gasteiger charge is 2.16. The maximum Gasteiger partial charge on any atom is 0.327 e. The zero-order valence-corrected chi connectivity index (χ0v) is 12.2. The third-order valence-electron chi connectivity index (χ3n) is 1.97. The molecule has 0 heterocycles. The van der Waals surface area contributed by atoms with Gasteiger partial charge in [0.05, 0.1) is 0 Å². The molecule has 1 unspecified atom stereocenters. The van der Waals surface area contributed by atoms with Gasteiger partial charge < -0.3 is 9.05 Å². The van der Waals surface area contributed by atoms with Gasteiger partial charge in [0.2, 0.25) is 0 Å². The first-order chi connectivity index (χ1) is 8.04. The number of nitrogens with zero attached hydrogens (tertiary/aromatic N) is 3. The van der Waals surface area contributed by atoms with Crippen molar-refractivity contribution in [1.82, 2.24) is 0 Å². The van der Waals surface area contributed by atoms with E-state index >= 15 is 0 Å². The molecule has 0 saturated heterocycles. The van der Waals surface area contributed by atoms with E-state index in [9.17, 15) is 0 Å². The van der Waals surface area contributed by atoms with Gasteiger partial charge in [-0.1, -0.05) is 0 Å². The van der Waals surface area contributed by atoms with E-state index in [1.807, 2.05) is 25.3 Å². The highest BCUT2D eigenvalue weighted by Crippen LogP contribution is 2.49. The maximum atomic E-state index is 8.40. The first kappa shape index (κ1) is 14.4. The van der Waals surface area contributed by atoms with Gasteiger partial charge in [-0.3, -0.25) is 0 Å². The van der Waals surface area contributed by atoms with Crippen LogP contribution in [0, 0.1) is 6.92 Å². The molecule has 0 amide bonds. The Balaban J connectivity index is 2.99. The molecule has 17 heavy (non-hydrogen) atoms. The second-order valence-electron chi connectivity index (χ2n) is 3.05. The minimum Gasteiger partial charge on any atom is -0.439 e. The van der Waals surface area contributed by atoms with Crippen LogP contribution in [0.3, 0.4) is 0 Å². The molecule has 0 aliphatic heterocycles. The normalized spacial score (nSPS) is 13.6. The lowest BCUT2D eigenvalue weighted by molar-refractivity contribution is 0.393. The zero-order chi connectivity index (χ0) is 12.9. The van der Waals surface area contributed by atoms with Crippen LogP contribution in [0.5, 0.6) is 5.75 Å². The fourth-order valence-corrected chi connectivity index (χ4v) is 2.79. The molecule has 1 atom stereocenters.